The molecule has 1 aromatic heterocycles. The van der Waals surface area contributed by atoms with Gasteiger partial charge in [0.15, 0.2) is 0 Å². The number of aryl methyl sites for hydroxylation is 1. The molecule has 0 aliphatic carbocycles. The molecule has 0 bridgehead atoms. The van der Waals surface area contributed by atoms with Gasteiger partial charge in [-0.2, -0.15) is 0 Å². The lowest BCUT2D eigenvalue weighted by Crippen LogP contribution is -2.46. The third-order valence-electron chi connectivity index (χ3n) is 5.05. The van der Waals surface area contributed by atoms with Gasteiger partial charge in [0, 0.05) is 19.1 Å². The zero-order valence-electron chi connectivity index (χ0n) is 15.9. The Morgan fingerprint density at radius 3 is 3.00 bits per heavy atom. The van der Waals surface area contributed by atoms with Gasteiger partial charge >= 0.3 is 0 Å². The van der Waals surface area contributed by atoms with Crippen LogP contribution in [0.25, 0.3) is 10.9 Å². The smallest absolute Gasteiger partial charge is 0.261 e. The lowest BCUT2D eigenvalue weighted by Gasteiger charge is -2.32. The van der Waals surface area contributed by atoms with Gasteiger partial charge in [-0.3, -0.25) is 14.2 Å². The SMILES string of the molecule is Cc1cccc2c(=O)n(CC(=O)N[C@@H](C)CN3CCC[C@@H](C)C3)cnc12. The summed E-state index contributed by atoms with van der Waals surface area (Å²) < 4.78 is 1.38. The number of fused-ring (bicyclic) bond motifs is 1. The number of nitrogens with zero attached hydrogens (tertiary/aromatic N) is 3. The number of nitrogens with one attached hydrogen (secondary N) is 1. The monoisotopic (exact) mass is 356 g/mol. The first-order valence-corrected chi connectivity index (χ1v) is 9.40. The standard InChI is InChI=1S/C20H28N4O2/c1-14-6-5-9-23(10-14)11-16(3)22-18(25)12-24-13-21-19-15(2)7-4-8-17(19)20(24)26/h4,7-8,13-14,16H,5-6,9-12H2,1-3H3,(H,22,25)/t14-,16+/m1/s1. The van der Waals surface area contributed by atoms with E-state index in [9.17, 15) is 9.59 Å². The molecular formula is C20H28N4O2. The van der Waals surface area contributed by atoms with Crippen LogP contribution in [0.2, 0.25) is 0 Å². The van der Waals surface area contributed by atoms with Crippen molar-refractivity contribution in [2.75, 3.05) is 19.6 Å². The molecule has 0 radical (unpaired) electrons. The molecule has 1 aromatic carbocycles. The van der Waals surface area contributed by atoms with Crippen molar-refractivity contribution in [1.82, 2.24) is 19.8 Å². The van der Waals surface area contributed by atoms with Gasteiger partial charge < -0.3 is 10.2 Å². The summed E-state index contributed by atoms with van der Waals surface area (Å²) in [5.41, 5.74) is 1.48. The molecule has 6 nitrogen and oxygen atoms in total. The van der Waals surface area contributed by atoms with Crippen LogP contribution >= 0.6 is 0 Å². The highest BCUT2D eigenvalue weighted by atomic mass is 16.2. The summed E-state index contributed by atoms with van der Waals surface area (Å²) in [6.45, 7) is 9.25. The minimum Gasteiger partial charge on any atom is -0.351 e. The predicted octanol–water partition coefficient (Wildman–Crippen LogP) is 1.94. The van der Waals surface area contributed by atoms with Crippen molar-refractivity contribution in [2.24, 2.45) is 5.92 Å². The number of para-hydroxylation sites is 1. The number of hydrogen-bond acceptors (Lipinski definition) is 4. The molecule has 0 saturated carbocycles. The molecule has 2 aromatic rings. The maximum absolute atomic E-state index is 12.6. The fourth-order valence-electron chi connectivity index (χ4n) is 3.81. The second kappa shape index (κ2) is 7.99. The molecule has 6 heteroatoms. The Kier molecular flexibility index (Phi) is 5.71. The third-order valence-corrected chi connectivity index (χ3v) is 5.05. The van der Waals surface area contributed by atoms with Crippen molar-refractivity contribution in [3.05, 3.63) is 40.4 Å². The largest absolute Gasteiger partial charge is 0.351 e. The average Bonchev–Trinajstić information content (AvgIpc) is 2.58. The number of piperidine rings is 1. The van der Waals surface area contributed by atoms with E-state index in [1.807, 2.05) is 26.0 Å². The maximum atomic E-state index is 12.6. The first-order chi connectivity index (χ1) is 12.4. The van der Waals surface area contributed by atoms with Crippen molar-refractivity contribution in [3.8, 4) is 0 Å². The van der Waals surface area contributed by atoms with Gasteiger partial charge in [0.2, 0.25) is 5.91 Å². The number of carbonyl (C=O) groups excluding carboxylic acids is 1. The van der Waals surface area contributed by atoms with Crippen LogP contribution in [0.3, 0.4) is 0 Å². The van der Waals surface area contributed by atoms with Crippen molar-refractivity contribution in [1.29, 1.82) is 0 Å². The summed E-state index contributed by atoms with van der Waals surface area (Å²) in [4.78, 5) is 31.7. The maximum Gasteiger partial charge on any atom is 0.261 e. The molecule has 26 heavy (non-hydrogen) atoms. The lowest BCUT2D eigenvalue weighted by atomic mass is 10.00. The summed E-state index contributed by atoms with van der Waals surface area (Å²) in [5, 5.41) is 3.56. The van der Waals surface area contributed by atoms with E-state index in [-0.39, 0.29) is 24.1 Å². The molecule has 0 spiro atoms. The first-order valence-electron chi connectivity index (χ1n) is 9.40. The molecule has 1 saturated heterocycles. The predicted molar refractivity (Wildman–Crippen MR) is 103 cm³/mol. The summed E-state index contributed by atoms with van der Waals surface area (Å²) in [5.74, 6) is 0.566. The van der Waals surface area contributed by atoms with Crippen molar-refractivity contribution in [2.45, 2.75) is 46.2 Å². The van der Waals surface area contributed by atoms with Crippen LogP contribution in [0, 0.1) is 12.8 Å². The molecule has 1 N–H and O–H groups in total. The topological polar surface area (TPSA) is 67.2 Å². The van der Waals surface area contributed by atoms with E-state index in [1.54, 1.807) is 6.07 Å². The average molecular weight is 356 g/mol. The van der Waals surface area contributed by atoms with Crippen LogP contribution in [0.15, 0.2) is 29.3 Å². The van der Waals surface area contributed by atoms with Crippen LogP contribution in [-0.2, 0) is 11.3 Å². The number of rotatable bonds is 5. The van der Waals surface area contributed by atoms with Gasteiger partial charge in [-0.25, -0.2) is 4.98 Å². The quantitative estimate of drug-likeness (QED) is 0.889. The Hall–Kier alpha value is -2.21. The van der Waals surface area contributed by atoms with Gasteiger partial charge in [-0.1, -0.05) is 19.1 Å². The van der Waals surface area contributed by atoms with Crippen LogP contribution in [0.1, 0.15) is 32.3 Å². The molecule has 1 amide bonds. The Bertz CT molecular complexity index is 845. The van der Waals surface area contributed by atoms with Crippen molar-refractivity contribution < 1.29 is 4.79 Å². The lowest BCUT2D eigenvalue weighted by molar-refractivity contribution is -0.122. The van der Waals surface area contributed by atoms with Crippen LogP contribution in [0.4, 0.5) is 0 Å². The minimum atomic E-state index is -0.175. The Morgan fingerprint density at radius 1 is 1.42 bits per heavy atom. The molecule has 1 aliphatic rings. The van der Waals surface area contributed by atoms with Crippen molar-refractivity contribution >= 4 is 16.8 Å². The molecule has 1 aliphatic heterocycles. The highest BCUT2D eigenvalue weighted by Crippen LogP contribution is 2.15. The second-order valence-electron chi connectivity index (χ2n) is 7.62. The molecular weight excluding hydrogens is 328 g/mol. The number of amides is 1. The minimum absolute atomic E-state index is 0.00351. The molecule has 2 atom stereocenters. The molecule has 2 heterocycles. The summed E-state index contributed by atoms with van der Waals surface area (Å²) in [6.07, 6.45) is 3.97. The van der Waals surface area contributed by atoms with Gasteiger partial charge in [0.25, 0.3) is 5.56 Å². The van der Waals surface area contributed by atoms with Gasteiger partial charge in [0.1, 0.15) is 6.54 Å². The Morgan fingerprint density at radius 2 is 2.23 bits per heavy atom. The van der Waals surface area contributed by atoms with Crippen LogP contribution in [-0.4, -0.2) is 46.0 Å². The number of hydrogen-bond donors (Lipinski definition) is 1. The zero-order valence-corrected chi connectivity index (χ0v) is 15.9. The van der Waals surface area contributed by atoms with E-state index >= 15 is 0 Å². The molecule has 1 fully saturated rings. The molecule has 3 rings (SSSR count). The fourth-order valence-corrected chi connectivity index (χ4v) is 3.81. The van der Waals surface area contributed by atoms with Gasteiger partial charge in [0.05, 0.1) is 17.2 Å². The van der Waals surface area contributed by atoms with Crippen LogP contribution in [0.5, 0.6) is 0 Å². The fraction of sp³-hybridized carbons (Fsp3) is 0.550. The van der Waals surface area contributed by atoms with E-state index in [0.717, 1.165) is 31.1 Å². The number of carbonyl (C=O) groups is 1. The summed E-state index contributed by atoms with van der Waals surface area (Å²) >= 11 is 0. The Balaban J connectivity index is 1.62. The van der Waals surface area contributed by atoms with Crippen LogP contribution < -0.4 is 10.9 Å². The van der Waals surface area contributed by atoms with E-state index in [2.05, 4.69) is 22.1 Å². The van der Waals surface area contributed by atoms with Gasteiger partial charge in [-0.05, 0) is 50.8 Å². The second-order valence-corrected chi connectivity index (χ2v) is 7.62. The zero-order chi connectivity index (χ0) is 18.7. The van der Waals surface area contributed by atoms with E-state index in [1.165, 1.54) is 23.7 Å². The third kappa shape index (κ3) is 4.30. The number of aromatic nitrogens is 2. The van der Waals surface area contributed by atoms with E-state index < -0.39 is 0 Å². The van der Waals surface area contributed by atoms with Crippen molar-refractivity contribution in [3.63, 3.8) is 0 Å². The van der Waals surface area contributed by atoms with E-state index in [4.69, 9.17) is 0 Å². The normalized spacial score (nSPS) is 19.4. The first kappa shape index (κ1) is 18.6. The summed E-state index contributed by atoms with van der Waals surface area (Å²) in [6, 6.07) is 5.58. The Labute approximate surface area is 154 Å². The molecule has 140 valence electrons. The van der Waals surface area contributed by atoms with E-state index in [0.29, 0.717) is 10.9 Å². The number of benzene rings is 1. The molecule has 0 unspecified atom stereocenters. The number of likely N-dealkylation sites (tertiary alicyclic amines) is 1. The van der Waals surface area contributed by atoms with Gasteiger partial charge in [-0.15, -0.1) is 0 Å². The highest BCUT2D eigenvalue weighted by Gasteiger charge is 2.19. The highest BCUT2D eigenvalue weighted by molar-refractivity contribution is 5.81. The summed E-state index contributed by atoms with van der Waals surface area (Å²) in [7, 11) is 0.